The van der Waals surface area contributed by atoms with Crippen molar-refractivity contribution in [1.29, 1.82) is 5.26 Å². The van der Waals surface area contributed by atoms with Crippen molar-refractivity contribution in [3.05, 3.63) is 106 Å². The van der Waals surface area contributed by atoms with Gasteiger partial charge < -0.3 is 25.0 Å². The van der Waals surface area contributed by atoms with Crippen molar-refractivity contribution >= 4 is 41.0 Å². The number of hydrogen-bond donors (Lipinski definition) is 3. The van der Waals surface area contributed by atoms with Crippen molar-refractivity contribution in [2.24, 2.45) is 7.05 Å². The standard InChI is InChI=1S/C49H48F6N12O4/c1-63-28-59-62-44(63)35-7-5-32(48(50,51)52)24-36(35)30-22-41(58-13-3-2-11-56)60-42(23-30)67-27-38-37(47(67)71)19-29(20-39(38)49(53,54)55)25-57-12-4-14-64-15-17-65(18-16-64)33-6-8-34-31(21-33)26-66(46(34)70)40-9-10-43(68)61-45(40)69/h5-8,19-24,28,40,57H,2-4,9-10,12-18,25-27H2,1H3,(H,58,60)(H,61,68,69). The second-order valence-electron chi connectivity index (χ2n) is 18.0. The molecule has 4 amide bonds. The fourth-order valence-corrected chi connectivity index (χ4v) is 9.62. The third kappa shape index (κ3) is 10.3. The number of benzene rings is 3. The van der Waals surface area contributed by atoms with Crippen LogP contribution in [0.3, 0.4) is 0 Å². The summed E-state index contributed by atoms with van der Waals surface area (Å²) in [7, 11) is 1.62. The number of piperazine rings is 1. The molecule has 3 N–H and O–H groups in total. The Kier molecular flexibility index (Phi) is 13.6. The highest BCUT2D eigenvalue weighted by atomic mass is 19.4. The maximum Gasteiger partial charge on any atom is 0.416 e. The summed E-state index contributed by atoms with van der Waals surface area (Å²) in [5.74, 6) is -1.50. The molecule has 2 aromatic heterocycles. The number of amides is 4. The summed E-state index contributed by atoms with van der Waals surface area (Å²) in [5.41, 5.74) is 0.757. The first-order valence-corrected chi connectivity index (χ1v) is 23.2. The lowest BCUT2D eigenvalue weighted by Gasteiger charge is -2.36. The molecule has 5 aromatic rings. The number of hydrogen-bond acceptors (Lipinski definition) is 12. The molecule has 370 valence electrons. The first-order valence-electron chi connectivity index (χ1n) is 23.2. The van der Waals surface area contributed by atoms with Crippen molar-refractivity contribution < 1.29 is 45.5 Å². The molecule has 1 atom stereocenters. The van der Waals surface area contributed by atoms with E-state index in [4.69, 9.17) is 5.26 Å². The number of carbonyl (C=O) groups excluding carboxylic acids is 4. The number of nitrogens with one attached hydrogen (secondary N) is 3. The van der Waals surface area contributed by atoms with E-state index in [0.717, 1.165) is 67.1 Å². The number of nitrogens with zero attached hydrogens (tertiary/aromatic N) is 9. The molecule has 1 unspecified atom stereocenters. The van der Waals surface area contributed by atoms with Crippen LogP contribution in [0.2, 0.25) is 0 Å². The SMILES string of the molecule is Cn1cnnc1-c1ccc(C(F)(F)F)cc1-c1cc(NCCCC#N)nc(N2Cc3c(cc(CNCCCN4CCN(c5ccc6c(c5)CN(C5CCC(=O)NC5=O)C6=O)CC4)cc3C(F)(F)F)C2=O)c1. The number of aromatic nitrogens is 4. The predicted molar refractivity (Wildman–Crippen MR) is 247 cm³/mol. The number of piperidine rings is 1. The molecule has 0 bridgehead atoms. The predicted octanol–water partition coefficient (Wildman–Crippen LogP) is 6.52. The summed E-state index contributed by atoms with van der Waals surface area (Å²) in [6.45, 7) is 4.26. The number of carbonyl (C=O) groups is 4. The maximum absolute atomic E-state index is 14.8. The molecule has 0 spiro atoms. The molecule has 2 saturated heterocycles. The molecule has 71 heavy (non-hydrogen) atoms. The van der Waals surface area contributed by atoms with Gasteiger partial charge in [-0.05, 0) is 121 Å². The summed E-state index contributed by atoms with van der Waals surface area (Å²) < 4.78 is 88.3. The molecule has 16 nitrogen and oxygen atoms in total. The lowest BCUT2D eigenvalue weighted by Crippen LogP contribution is -2.52. The highest BCUT2D eigenvalue weighted by Crippen LogP contribution is 2.42. The molecule has 3 aromatic carbocycles. The van der Waals surface area contributed by atoms with Gasteiger partial charge in [-0.25, -0.2) is 4.98 Å². The van der Waals surface area contributed by atoms with E-state index in [0.29, 0.717) is 37.9 Å². The van der Waals surface area contributed by atoms with Gasteiger partial charge in [-0.2, -0.15) is 31.6 Å². The van der Waals surface area contributed by atoms with Crippen LogP contribution in [0.4, 0.5) is 43.7 Å². The van der Waals surface area contributed by atoms with Gasteiger partial charge in [0.25, 0.3) is 11.8 Å². The second kappa shape index (κ2) is 19.8. The van der Waals surface area contributed by atoms with E-state index in [2.05, 4.69) is 40.9 Å². The third-order valence-electron chi connectivity index (χ3n) is 13.3. The van der Waals surface area contributed by atoms with Gasteiger partial charge in [0, 0.05) is 88.1 Å². The van der Waals surface area contributed by atoms with Crippen molar-refractivity contribution in [1.82, 2.24) is 40.2 Å². The number of pyridine rings is 1. The number of anilines is 3. The quantitative estimate of drug-likeness (QED) is 0.0588. The lowest BCUT2D eigenvalue weighted by atomic mass is 9.96. The summed E-state index contributed by atoms with van der Waals surface area (Å²) in [5, 5.41) is 25.6. The maximum atomic E-state index is 14.8. The fraction of sp³-hybridized carbons (Fsp3) is 0.388. The van der Waals surface area contributed by atoms with Crippen LogP contribution in [0.25, 0.3) is 22.5 Å². The number of aryl methyl sites for hydroxylation is 1. The Morgan fingerprint density at radius 3 is 2.34 bits per heavy atom. The van der Waals surface area contributed by atoms with Crippen LogP contribution in [-0.4, -0.2) is 105 Å². The summed E-state index contributed by atoms with van der Waals surface area (Å²) >= 11 is 0. The van der Waals surface area contributed by atoms with Crippen LogP contribution in [-0.2, 0) is 48.6 Å². The van der Waals surface area contributed by atoms with E-state index >= 15 is 0 Å². The van der Waals surface area contributed by atoms with Crippen LogP contribution in [0.5, 0.6) is 0 Å². The Hall–Kier alpha value is -7.38. The molecule has 6 heterocycles. The zero-order chi connectivity index (χ0) is 50.2. The van der Waals surface area contributed by atoms with Gasteiger partial charge in [0.05, 0.1) is 23.7 Å². The molecule has 9 rings (SSSR count). The van der Waals surface area contributed by atoms with Gasteiger partial charge in [0.1, 0.15) is 24.0 Å². The highest BCUT2D eigenvalue weighted by Gasteiger charge is 2.42. The topological polar surface area (TPSA) is 185 Å². The first-order chi connectivity index (χ1) is 34.0. The van der Waals surface area contributed by atoms with Crippen LogP contribution < -0.4 is 25.8 Å². The zero-order valence-electron chi connectivity index (χ0n) is 38.5. The van der Waals surface area contributed by atoms with Gasteiger partial charge >= 0.3 is 12.4 Å². The van der Waals surface area contributed by atoms with Gasteiger partial charge in [0.15, 0.2) is 5.82 Å². The molecule has 2 fully saturated rings. The number of nitriles is 1. The Morgan fingerprint density at radius 1 is 0.831 bits per heavy atom. The minimum Gasteiger partial charge on any atom is -0.370 e. The Morgan fingerprint density at radius 2 is 1.62 bits per heavy atom. The summed E-state index contributed by atoms with van der Waals surface area (Å²) in [6.07, 6.45) is -6.41. The number of halogens is 6. The minimum absolute atomic E-state index is 0.0457. The lowest BCUT2D eigenvalue weighted by molar-refractivity contribution is -0.138. The number of fused-ring (bicyclic) bond motifs is 2. The van der Waals surface area contributed by atoms with Crippen molar-refractivity contribution in [3.8, 4) is 28.6 Å². The minimum atomic E-state index is -4.82. The van der Waals surface area contributed by atoms with Crippen LogP contribution in [0.1, 0.15) is 80.6 Å². The largest absolute Gasteiger partial charge is 0.416 e. The van der Waals surface area contributed by atoms with Crippen LogP contribution in [0.15, 0.2) is 67.0 Å². The van der Waals surface area contributed by atoms with Crippen molar-refractivity contribution in [2.45, 2.75) is 70.1 Å². The molecule has 0 saturated carbocycles. The number of alkyl halides is 6. The first kappa shape index (κ1) is 48.6. The van der Waals surface area contributed by atoms with Crippen LogP contribution in [0, 0.1) is 11.3 Å². The summed E-state index contributed by atoms with van der Waals surface area (Å²) in [6, 6.07) is 15.5. The second-order valence-corrected chi connectivity index (χ2v) is 18.0. The van der Waals surface area contributed by atoms with E-state index in [1.165, 1.54) is 40.1 Å². The molecular formula is C49H48F6N12O4. The Labute approximate surface area is 403 Å². The molecular weight excluding hydrogens is 935 g/mol. The van der Waals surface area contributed by atoms with Crippen LogP contribution >= 0.6 is 0 Å². The average molecular weight is 983 g/mol. The Balaban J connectivity index is 0.853. The molecule has 0 radical (unpaired) electrons. The van der Waals surface area contributed by atoms with Gasteiger partial charge in [-0.15, -0.1) is 10.2 Å². The fourth-order valence-electron chi connectivity index (χ4n) is 9.62. The monoisotopic (exact) mass is 982 g/mol. The van der Waals surface area contributed by atoms with E-state index in [1.54, 1.807) is 13.1 Å². The molecule has 4 aliphatic rings. The molecule has 4 aliphatic heterocycles. The Bertz CT molecular complexity index is 2940. The molecule has 22 heteroatoms. The van der Waals surface area contributed by atoms with E-state index in [9.17, 15) is 45.5 Å². The van der Waals surface area contributed by atoms with E-state index in [1.807, 2.05) is 18.2 Å². The highest BCUT2D eigenvalue weighted by molar-refractivity contribution is 6.10. The number of rotatable bonds is 15. The number of unbranched alkanes of at least 4 members (excludes halogenated alkanes) is 1. The average Bonchev–Trinajstić information content (AvgIpc) is 4.02. The zero-order valence-corrected chi connectivity index (χ0v) is 38.5. The van der Waals surface area contributed by atoms with Gasteiger partial charge in [0.2, 0.25) is 11.8 Å². The van der Waals surface area contributed by atoms with E-state index < -0.39 is 47.9 Å². The van der Waals surface area contributed by atoms with Crippen molar-refractivity contribution in [2.75, 3.05) is 60.9 Å². The van der Waals surface area contributed by atoms with Gasteiger partial charge in [-0.1, -0.05) is 0 Å². The van der Waals surface area contributed by atoms with Gasteiger partial charge in [-0.3, -0.25) is 34.3 Å². The number of imide groups is 1. The molecule has 0 aliphatic carbocycles. The summed E-state index contributed by atoms with van der Waals surface area (Å²) in [4.78, 5) is 63.2. The smallest absolute Gasteiger partial charge is 0.370 e. The normalized spacial score (nSPS) is 17.4. The third-order valence-corrected chi connectivity index (χ3v) is 13.3. The van der Waals surface area contributed by atoms with E-state index in [-0.39, 0.29) is 88.6 Å². The van der Waals surface area contributed by atoms with Crippen molar-refractivity contribution in [3.63, 3.8) is 0 Å².